The molecule has 1 aromatic rings. The minimum Gasteiger partial charge on any atom is -0.396 e. The molecule has 5 heteroatoms. The second-order valence-corrected chi connectivity index (χ2v) is 4.33. The van der Waals surface area contributed by atoms with Crippen molar-refractivity contribution >= 4 is 0 Å². The average Bonchev–Trinajstić information content (AvgIpc) is 2.72. The van der Waals surface area contributed by atoms with Crippen LogP contribution in [0.25, 0.3) is 0 Å². The van der Waals surface area contributed by atoms with E-state index in [0.29, 0.717) is 5.92 Å². The van der Waals surface area contributed by atoms with Crippen molar-refractivity contribution in [3.63, 3.8) is 0 Å². The van der Waals surface area contributed by atoms with Crippen LogP contribution in [0.1, 0.15) is 24.5 Å². The fourth-order valence-corrected chi connectivity index (χ4v) is 2.16. The third-order valence-corrected chi connectivity index (χ3v) is 3.13. The normalized spacial score (nSPS) is 19.8. The molecule has 1 atom stereocenters. The highest BCUT2D eigenvalue weighted by atomic mass is 16.5. The van der Waals surface area contributed by atoms with E-state index in [-0.39, 0.29) is 6.61 Å². The average molecular weight is 225 g/mol. The maximum absolute atomic E-state index is 9.18. The molecule has 1 unspecified atom stereocenters. The van der Waals surface area contributed by atoms with Crippen LogP contribution in [-0.2, 0) is 24.1 Å². The molecule has 0 radical (unpaired) electrons. The number of aryl methyl sites for hydroxylation is 2. The summed E-state index contributed by atoms with van der Waals surface area (Å²) in [6.45, 7) is 1.88. The molecular formula is C11H19N3O2. The molecule has 5 nitrogen and oxygen atoms in total. The summed E-state index contributed by atoms with van der Waals surface area (Å²) < 4.78 is 7.20. The number of aliphatic hydroxyl groups excluding tert-OH is 1. The SMILES string of the molecule is COCCCc1nnc2n1CC(CO)CC2. The van der Waals surface area contributed by atoms with Gasteiger partial charge in [0.15, 0.2) is 0 Å². The second kappa shape index (κ2) is 5.41. The van der Waals surface area contributed by atoms with E-state index in [1.165, 1.54) is 0 Å². The Kier molecular flexibility index (Phi) is 3.90. The molecule has 16 heavy (non-hydrogen) atoms. The van der Waals surface area contributed by atoms with Gasteiger partial charge in [0.2, 0.25) is 0 Å². The first-order chi connectivity index (χ1) is 7.85. The summed E-state index contributed by atoms with van der Waals surface area (Å²) in [5.41, 5.74) is 0. The first-order valence-corrected chi connectivity index (χ1v) is 5.86. The van der Waals surface area contributed by atoms with Gasteiger partial charge >= 0.3 is 0 Å². The van der Waals surface area contributed by atoms with Gasteiger partial charge in [-0.2, -0.15) is 0 Å². The van der Waals surface area contributed by atoms with Crippen molar-refractivity contribution in [1.82, 2.24) is 14.8 Å². The number of hydrogen-bond donors (Lipinski definition) is 1. The molecule has 1 N–H and O–H groups in total. The van der Waals surface area contributed by atoms with Crippen molar-refractivity contribution in [3.8, 4) is 0 Å². The molecule has 2 heterocycles. The van der Waals surface area contributed by atoms with E-state index in [4.69, 9.17) is 4.74 Å². The van der Waals surface area contributed by atoms with Crippen molar-refractivity contribution in [3.05, 3.63) is 11.6 Å². The zero-order valence-electron chi connectivity index (χ0n) is 9.72. The highest BCUT2D eigenvalue weighted by Crippen LogP contribution is 2.20. The molecule has 2 rings (SSSR count). The topological polar surface area (TPSA) is 60.2 Å². The van der Waals surface area contributed by atoms with Crippen molar-refractivity contribution in [2.24, 2.45) is 5.92 Å². The summed E-state index contributed by atoms with van der Waals surface area (Å²) in [6, 6.07) is 0. The summed E-state index contributed by atoms with van der Waals surface area (Å²) in [5.74, 6) is 2.46. The van der Waals surface area contributed by atoms with Crippen molar-refractivity contribution in [1.29, 1.82) is 0 Å². The lowest BCUT2D eigenvalue weighted by atomic mass is 10.0. The zero-order valence-corrected chi connectivity index (χ0v) is 9.72. The van der Waals surface area contributed by atoms with Crippen LogP contribution in [0, 0.1) is 5.92 Å². The van der Waals surface area contributed by atoms with Crippen molar-refractivity contribution in [2.75, 3.05) is 20.3 Å². The van der Waals surface area contributed by atoms with Crippen molar-refractivity contribution in [2.45, 2.75) is 32.2 Å². The number of ether oxygens (including phenoxy) is 1. The van der Waals surface area contributed by atoms with E-state index in [1.54, 1.807) is 7.11 Å². The van der Waals surface area contributed by atoms with E-state index < -0.39 is 0 Å². The Morgan fingerprint density at radius 2 is 2.38 bits per heavy atom. The lowest BCUT2D eigenvalue weighted by Gasteiger charge is -2.22. The van der Waals surface area contributed by atoms with Crippen LogP contribution in [0.5, 0.6) is 0 Å². The summed E-state index contributed by atoms with van der Waals surface area (Å²) >= 11 is 0. The molecule has 1 aromatic heterocycles. The van der Waals surface area contributed by atoms with Gasteiger partial charge in [0.1, 0.15) is 11.6 Å². The van der Waals surface area contributed by atoms with E-state index in [0.717, 1.165) is 50.5 Å². The van der Waals surface area contributed by atoms with Gasteiger partial charge in [-0.05, 0) is 12.8 Å². The molecule has 0 fully saturated rings. The number of nitrogens with zero attached hydrogens (tertiary/aromatic N) is 3. The van der Waals surface area contributed by atoms with Gasteiger partial charge in [-0.15, -0.1) is 10.2 Å². The molecule has 0 saturated heterocycles. The lowest BCUT2D eigenvalue weighted by Crippen LogP contribution is -2.24. The highest BCUT2D eigenvalue weighted by Gasteiger charge is 2.21. The van der Waals surface area contributed by atoms with E-state index in [9.17, 15) is 5.11 Å². The van der Waals surface area contributed by atoms with Crippen LogP contribution in [0.2, 0.25) is 0 Å². The number of aromatic nitrogens is 3. The maximum Gasteiger partial charge on any atom is 0.133 e. The summed E-state index contributed by atoms with van der Waals surface area (Å²) in [6.07, 6.45) is 3.83. The quantitative estimate of drug-likeness (QED) is 0.737. The standard InChI is InChI=1S/C11H19N3O2/c1-16-6-2-3-10-12-13-11-5-4-9(8-15)7-14(10)11/h9,15H,2-8H2,1H3. The van der Waals surface area contributed by atoms with Gasteiger partial charge < -0.3 is 14.4 Å². The van der Waals surface area contributed by atoms with Crippen LogP contribution in [0.4, 0.5) is 0 Å². The van der Waals surface area contributed by atoms with Crippen LogP contribution >= 0.6 is 0 Å². The van der Waals surface area contributed by atoms with Gasteiger partial charge in [-0.3, -0.25) is 0 Å². The van der Waals surface area contributed by atoms with Crippen LogP contribution < -0.4 is 0 Å². The molecule has 0 spiro atoms. The molecular weight excluding hydrogens is 206 g/mol. The number of fused-ring (bicyclic) bond motifs is 1. The van der Waals surface area contributed by atoms with Gasteiger partial charge in [0.25, 0.3) is 0 Å². The fraction of sp³-hybridized carbons (Fsp3) is 0.818. The molecule has 0 bridgehead atoms. The molecule has 0 amide bonds. The molecule has 0 aromatic carbocycles. The zero-order chi connectivity index (χ0) is 11.4. The second-order valence-electron chi connectivity index (χ2n) is 4.33. The Hall–Kier alpha value is -0.940. The first kappa shape index (κ1) is 11.5. The highest BCUT2D eigenvalue weighted by molar-refractivity contribution is 5.00. The Bertz CT molecular complexity index is 338. The van der Waals surface area contributed by atoms with Crippen LogP contribution in [0.3, 0.4) is 0 Å². The maximum atomic E-state index is 9.18. The number of methoxy groups -OCH3 is 1. The van der Waals surface area contributed by atoms with Gasteiger partial charge in [0.05, 0.1) is 0 Å². The van der Waals surface area contributed by atoms with Crippen LogP contribution in [-0.4, -0.2) is 40.2 Å². The Morgan fingerprint density at radius 3 is 3.12 bits per heavy atom. The smallest absolute Gasteiger partial charge is 0.133 e. The van der Waals surface area contributed by atoms with E-state index in [1.807, 2.05) is 0 Å². The number of aliphatic hydroxyl groups is 1. The van der Waals surface area contributed by atoms with Gasteiger partial charge in [-0.1, -0.05) is 0 Å². The van der Waals surface area contributed by atoms with Crippen molar-refractivity contribution < 1.29 is 9.84 Å². The van der Waals surface area contributed by atoms with Gasteiger partial charge in [-0.25, -0.2) is 0 Å². The lowest BCUT2D eigenvalue weighted by molar-refractivity contribution is 0.185. The van der Waals surface area contributed by atoms with Gasteiger partial charge in [0, 0.05) is 45.6 Å². The Labute approximate surface area is 95.4 Å². The monoisotopic (exact) mass is 225 g/mol. The Balaban J connectivity index is 2.01. The van der Waals surface area contributed by atoms with E-state index >= 15 is 0 Å². The van der Waals surface area contributed by atoms with Crippen LogP contribution in [0.15, 0.2) is 0 Å². The minimum atomic E-state index is 0.259. The first-order valence-electron chi connectivity index (χ1n) is 5.86. The summed E-state index contributed by atoms with van der Waals surface area (Å²) in [4.78, 5) is 0. The molecule has 1 aliphatic heterocycles. The number of rotatable bonds is 5. The third kappa shape index (κ3) is 2.41. The van der Waals surface area contributed by atoms with E-state index in [2.05, 4.69) is 14.8 Å². The minimum absolute atomic E-state index is 0.259. The Morgan fingerprint density at radius 1 is 1.50 bits per heavy atom. The predicted octanol–water partition coefficient (Wildman–Crippen LogP) is 0.412. The molecule has 90 valence electrons. The largest absolute Gasteiger partial charge is 0.396 e. The summed E-state index contributed by atoms with van der Waals surface area (Å²) in [5, 5.41) is 17.6. The molecule has 0 aliphatic carbocycles. The fourth-order valence-electron chi connectivity index (χ4n) is 2.16. The summed E-state index contributed by atoms with van der Waals surface area (Å²) in [7, 11) is 1.71. The predicted molar refractivity (Wildman–Crippen MR) is 59.1 cm³/mol. The molecule has 0 saturated carbocycles. The third-order valence-electron chi connectivity index (χ3n) is 3.13. The number of hydrogen-bond acceptors (Lipinski definition) is 4. The molecule has 1 aliphatic rings.